The highest BCUT2D eigenvalue weighted by atomic mass is 16.5. The second kappa shape index (κ2) is 6.58. The summed E-state index contributed by atoms with van der Waals surface area (Å²) in [6.45, 7) is 7.62. The summed E-state index contributed by atoms with van der Waals surface area (Å²) in [7, 11) is 2.12. The Morgan fingerprint density at radius 1 is 1.36 bits per heavy atom. The molecule has 0 aliphatic carbocycles. The van der Waals surface area contributed by atoms with Crippen LogP contribution in [-0.2, 0) is 19.5 Å². The molecule has 2 aromatic rings. The fourth-order valence-corrected chi connectivity index (χ4v) is 2.89. The van der Waals surface area contributed by atoms with Crippen molar-refractivity contribution in [3.05, 3.63) is 29.2 Å². The lowest BCUT2D eigenvalue weighted by Gasteiger charge is -2.23. The van der Waals surface area contributed by atoms with Crippen LogP contribution in [0.2, 0.25) is 0 Å². The molecule has 1 aliphatic rings. The van der Waals surface area contributed by atoms with Crippen LogP contribution in [0.25, 0.3) is 0 Å². The molecule has 0 unspecified atom stereocenters. The summed E-state index contributed by atoms with van der Waals surface area (Å²) in [5.74, 6) is 2.34. The monoisotopic (exact) mass is 305 g/mol. The Morgan fingerprint density at radius 3 is 2.91 bits per heavy atom. The van der Waals surface area contributed by atoms with E-state index in [1.165, 1.54) is 0 Å². The Hall–Kier alpha value is -1.73. The van der Waals surface area contributed by atoms with Crippen LogP contribution in [0.5, 0.6) is 0 Å². The van der Waals surface area contributed by atoms with Gasteiger partial charge in [-0.1, -0.05) is 17.2 Å². The third kappa shape index (κ3) is 3.53. The van der Waals surface area contributed by atoms with Gasteiger partial charge in [-0.15, -0.1) is 0 Å². The molecule has 0 amide bonds. The van der Waals surface area contributed by atoms with Crippen LogP contribution in [0.4, 0.5) is 0 Å². The molecule has 1 saturated heterocycles. The summed E-state index contributed by atoms with van der Waals surface area (Å²) in [5.41, 5.74) is 1.01. The third-order valence-electron chi connectivity index (χ3n) is 4.14. The van der Waals surface area contributed by atoms with Crippen molar-refractivity contribution >= 4 is 0 Å². The van der Waals surface area contributed by atoms with Crippen molar-refractivity contribution < 1.29 is 9.05 Å². The van der Waals surface area contributed by atoms with Crippen molar-refractivity contribution in [1.29, 1.82) is 0 Å². The van der Waals surface area contributed by atoms with Gasteiger partial charge in [-0.25, -0.2) is 0 Å². The molecule has 0 saturated carbocycles. The lowest BCUT2D eigenvalue weighted by molar-refractivity contribution is 0.214. The average Bonchev–Trinajstić information content (AvgIpc) is 3.21. The van der Waals surface area contributed by atoms with Crippen LogP contribution in [0, 0.1) is 6.92 Å². The summed E-state index contributed by atoms with van der Waals surface area (Å²) < 4.78 is 10.3. The number of hydrogen-bond acceptors (Lipinski definition) is 7. The van der Waals surface area contributed by atoms with Crippen molar-refractivity contribution in [2.24, 2.45) is 0 Å². The Kier molecular flexibility index (Phi) is 4.54. The first kappa shape index (κ1) is 15.2. The molecule has 22 heavy (non-hydrogen) atoms. The van der Waals surface area contributed by atoms with Gasteiger partial charge >= 0.3 is 0 Å². The molecule has 3 heterocycles. The summed E-state index contributed by atoms with van der Waals surface area (Å²) in [5, 5.41) is 8.09. The zero-order valence-corrected chi connectivity index (χ0v) is 13.4. The predicted octanol–water partition coefficient (Wildman–Crippen LogP) is 1.63. The molecule has 0 aromatic carbocycles. The van der Waals surface area contributed by atoms with Crippen molar-refractivity contribution in [2.75, 3.05) is 20.1 Å². The Bertz CT molecular complexity index is 609. The number of likely N-dealkylation sites (tertiary alicyclic amines) is 1. The minimum absolute atomic E-state index is 0.511. The molecule has 0 spiro atoms. The highest BCUT2D eigenvalue weighted by molar-refractivity contribution is 5.04. The van der Waals surface area contributed by atoms with Gasteiger partial charge in [0.1, 0.15) is 5.76 Å². The van der Waals surface area contributed by atoms with Gasteiger partial charge in [0, 0.05) is 38.2 Å². The van der Waals surface area contributed by atoms with Gasteiger partial charge < -0.3 is 9.05 Å². The minimum Gasteiger partial charge on any atom is -0.361 e. The van der Waals surface area contributed by atoms with E-state index in [9.17, 15) is 0 Å². The van der Waals surface area contributed by atoms with Gasteiger partial charge in [0.2, 0.25) is 5.89 Å². The number of likely N-dealkylation sites (N-methyl/N-ethyl adjacent to an activating group) is 1. The summed E-state index contributed by atoms with van der Waals surface area (Å²) in [6, 6.07) is 2.51. The van der Waals surface area contributed by atoms with Gasteiger partial charge in [0.25, 0.3) is 0 Å². The van der Waals surface area contributed by atoms with E-state index < -0.39 is 0 Å². The standard InChI is InChI=1S/C15H23N5O2/c1-4-15-16-14(18-22-15)10-19(3)13-5-6-20(9-13)8-12-7-11(2)21-17-12/h7,13H,4-6,8-10H2,1-3H3/t13-/m1/s1. The van der Waals surface area contributed by atoms with E-state index in [1.807, 2.05) is 19.9 Å². The molecule has 0 radical (unpaired) electrons. The predicted molar refractivity (Wildman–Crippen MR) is 80.1 cm³/mol. The summed E-state index contributed by atoms with van der Waals surface area (Å²) in [4.78, 5) is 9.09. The van der Waals surface area contributed by atoms with E-state index in [4.69, 9.17) is 9.05 Å². The number of rotatable bonds is 6. The first-order chi connectivity index (χ1) is 10.6. The topological polar surface area (TPSA) is 71.4 Å². The molecular weight excluding hydrogens is 282 g/mol. The zero-order valence-electron chi connectivity index (χ0n) is 13.4. The molecule has 0 bridgehead atoms. The van der Waals surface area contributed by atoms with Crippen LogP contribution >= 0.6 is 0 Å². The van der Waals surface area contributed by atoms with Crippen molar-refractivity contribution in [1.82, 2.24) is 25.1 Å². The van der Waals surface area contributed by atoms with Crippen molar-refractivity contribution in [3.63, 3.8) is 0 Å². The highest BCUT2D eigenvalue weighted by Crippen LogP contribution is 2.18. The molecule has 120 valence electrons. The molecule has 7 nitrogen and oxygen atoms in total. The van der Waals surface area contributed by atoms with Crippen LogP contribution < -0.4 is 0 Å². The lowest BCUT2D eigenvalue weighted by atomic mass is 10.2. The van der Waals surface area contributed by atoms with Gasteiger partial charge in [0.05, 0.1) is 12.2 Å². The van der Waals surface area contributed by atoms with Crippen LogP contribution in [0.15, 0.2) is 15.1 Å². The smallest absolute Gasteiger partial charge is 0.226 e. The van der Waals surface area contributed by atoms with E-state index in [0.29, 0.717) is 11.9 Å². The molecular formula is C15H23N5O2. The maximum Gasteiger partial charge on any atom is 0.226 e. The number of hydrogen-bond donors (Lipinski definition) is 0. The van der Waals surface area contributed by atoms with Crippen LogP contribution in [-0.4, -0.2) is 51.3 Å². The number of aryl methyl sites for hydroxylation is 2. The molecule has 1 fully saturated rings. The minimum atomic E-state index is 0.511. The fraction of sp³-hybridized carbons (Fsp3) is 0.667. The largest absolute Gasteiger partial charge is 0.361 e. The second-order valence-corrected chi connectivity index (χ2v) is 5.98. The maximum absolute atomic E-state index is 5.16. The summed E-state index contributed by atoms with van der Waals surface area (Å²) in [6.07, 6.45) is 1.93. The average molecular weight is 305 g/mol. The SMILES string of the molecule is CCc1nc(CN(C)[C@@H]2CCN(Cc3cc(C)on3)C2)no1. The zero-order chi connectivity index (χ0) is 15.5. The van der Waals surface area contributed by atoms with Crippen LogP contribution in [0.1, 0.15) is 36.5 Å². The molecule has 1 aliphatic heterocycles. The van der Waals surface area contributed by atoms with Gasteiger partial charge in [-0.3, -0.25) is 9.80 Å². The molecule has 1 atom stereocenters. The first-order valence-electron chi connectivity index (χ1n) is 7.80. The van der Waals surface area contributed by atoms with Crippen molar-refractivity contribution in [2.45, 2.75) is 45.8 Å². The van der Waals surface area contributed by atoms with E-state index in [-0.39, 0.29) is 0 Å². The Morgan fingerprint density at radius 2 is 2.23 bits per heavy atom. The molecule has 7 heteroatoms. The van der Waals surface area contributed by atoms with Crippen LogP contribution in [0.3, 0.4) is 0 Å². The van der Waals surface area contributed by atoms with Gasteiger partial charge in [-0.2, -0.15) is 4.98 Å². The van der Waals surface area contributed by atoms with E-state index in [2.05, 4.69) is 32.1 Å². The Balaban J connectivity index is 1.50. The fourth-order valence-electron chi connectivity index (χ4n) is 2.89. The quantitative estimate of drug-likeness (QED) is 0.803. The lowest BCUT2D eigenvalue weighted by Crippen LogP contribution is -2.34. The van der Waals surface area contributed by atoms with E-state index >= 15 is 0 Å². The maximum atomic E-state index is 5.16. The van der Waals surface area contributed by atoms with Gasteiger partial charge in [0.15, 0.2) is 5.82 Å². The first-order valence-corrected chi connectivity index (χ1v) is 7.80. The normalized spacial score (nSPS) is 19.4. The van der Waals surface area contributed by atoms with Crippen molar-refractivity contribution in [3.8, 4) is 0 Å². The second-order valence-electron chi connectivity index (χ2n) is 5.98. The summed E-state index contributed by atoms with van der Waals surface area (Å²) >= 11 is 0. The van der Waals surface area contributed by atoms with E-state index in [1.54, 1.807) is 0 Å². The molecule has 2 aromatic heterocycles. The molecule has 3 rings (SSSR count). The third-order valence-corrected chi connectivity index (χ3v) is 4.14. The van der Waals surface area contributed by atoms with Gasteiger partial charge in [-0.05, 0) is 20.4 Å². The highest BCUT2D eigenvalue weighted by Gasteiger charge is 2.27. The Labute approximate surface area is 130 Å². The number of aromatic nitrogens is 3. The number of nitrogens with zero attached hydrogens (tertiary/aromatic N) is 5. The van der Waals surface area contributed by atoms with E-state index in [0.717, 1.165) is 56.3 Å². The molecule has 0 N–H and O–H groups in total.